The smallest absolute Gasteiger partial charge is 0.355 e. The van der Waals surface area contributed by atoms with E-state index in [0.717, 1.165) is 16.9 Å². The van der Waals surface area contributed by atoms with Crippen LogP contribution in [-0.2, 0) is 35.7 Å². The molecule has 3 aromatic rings. The minimum atomic E-state index is -0.503. The zero-order valence-corrected chi connectivity index (χ0v) is 29.1. The molecule has 234 valence electrons. The Balaban J connectivity index is 1.48. The number of thiocarbonyl (C=S) groups is 1. The van der Waals surface area contributed by atoms with Crippen LogP contribution in [0.5, 0.6) is 0 Å². The topological polar surface area (TPSA) is 90.0 Å². The Morgan fingerprint density at radius 2 is 1.50 bits per heavy atom. The van der Waals surface area contributed by atoms with E-state index in [4.69, 9.17) is 12.2 Å². The highest BCUT2D eigenvalue weighted by molar-refractivity contribution is 14.1. The Morgan fingerprint density at radius 3 is 2.07 bits per heavy atom. The number of nitrogens with one attached hydrogen (secondary N) is 1. The molecule has 2 aliphatic heterocycles. The monoisotopic (exact) mass is 763 g/mol. The fourth-order valence-corrected chi connectivity index (χ4v) is 6.55. The summed E-state index contributed by atoms with van der Waals surface area (Å²) in [6.45, 7) is 5.40. The van der Waals surface area contributed by atoms with Crippen molar-refractivity contribution in [2.45, 2.75) is 30.6 Å². The van der Waals surface area contributed by atoms with E-state index in [1.807, 2.05) is 89.3 Å². The number of rotatable bonds is 10. The Kier molecular flexibility index (Phi) is 10.5. The van der Waals surface area contributed by atoms with Crippen LogP contribution in [0.25, 0.3) is 0 Å². The van der Waals surface area contributed by atoms with Crippen LogP contribution in [0.1, 0.15) is 25.8 Å². The molecule has 0 unspecified atom stereocenters. The lowest BCUT2D eigenvalue weighted by Gasteiger charge is -2.36. The van der Waals surface area contributed by atoms with Crippen molar-refractivity contribution in [3.63, 3.8) is 0 Å². The molecule has 3 amide bonds. The number of nitrogens with zero attached hydrogens (tertiary/aromatic N) is 3. The molecule has 11 heteroatoms. The standard InChI is InChI=1S/C35H31IN4O4S2/c1-35(2)28-22-26(46-44)18-19-29(28)38(21-11-20-37-31(41)23-36)30(35)17-10-9-16-27-32(42)39(24-12-5-3-6-13-24)34(45)40(33(27)43)25-14-7-4-8-15-25/h3-10,12-19,22H,11,20-21,23H2,1-2H3/p+1/b10-9+,30-17+. The Morgan fingerprint density at radius 1 is 0.913 bits per heavy atom. The minimum absolute atomic E-state index is 0.00386. The van der Waals surface area contributed by atoms with Crippen molar-refractivity contribution >= 4 is 86.4 Å². The van der Waals surface area contributed by atoms with Gasteiger partial charge < -0.3 is 10.2 Å². The summed E-state index contributed by atoms with van der Waals surface area (Å²) in [7, 11) is 0. The normalized spacial score (nSPS) is 16.8. The molecule has 1 fully saturated rings. The minimum Gasteiger partial charge on any atom is -0.355 e. The second-order valence-corrected chi connectivity index (χ2v) is 12.9. The highest BCUT2D eigenvalue weighted by atomic mass is 127. The molecule has 0 saturated carbocycles. The zero-order valence-electron chi connectivity index (χ0n) is 25.3. The Bertz CT molecular complexity index is 1710. The average molecular weight is 764 g/mol. The molecule has 2 aliphatic rings. The number of benzene rings is 3. The number of amides is 3. The first-order valence-corrected chi connectivity index (χ1v) is 17.3. The van der Waals surface area contributed by atoms with Gasteiger partial charge in [0.25, 0.3) is 16.7 Å². The van der Waals surface area contributed by atoms with Gasteiger partial charge in [-0.2, -0.15) is 0 Å². The maximum Gasteiger partial charge on any atom is 0.505 e. The molecule has 5 rings (SSSR count). The number of hydrogen-bond donors (Lipinski definition) is 1. The third kappa shape index (κ3) is 6.72. The molecule has 2 heterocycles. The van der Waals surface area contributed by atoms with Gasteiger partial charge in [-0.05, 0) is 66.7 Å². The van der Waals surface area contributed by atoms with Gasteiger partial charge in [0.15, 0.2) is 5.11 Å². The first kappa shape index (κ1) is 33.3. The number of alkyl halides is 1. The zero-order chi connectivity index (χ0) is 32.8. The van der Waals surface area contributed by atoms with Gasteiger partial charge in [0.1, 0.15) is 5.57 Å². The molecule has 0 atom stereocenters. The predicted octanol–water partition coefficient (Wildman–Crippen LogP) is 6.24. The SMILES string of the molecule is CC1(C)/C(=C\C=C\C=C2C(=O)N(c3ccccc3)C(=S)N(c3ccccc3)C2=O)N(CCCNC(=O)CI)c2ccc([S+]=O)cc21. The number of allylic oxidation sites excluding steroid dienone is 5. The van der Waals surface area contributed by atoms with E-state index in [1.165, 1.54) is 15.9 Å². The van der Waals surface area contributed by atoms with Crippen LogP contribution < -0.4 is 20.0 Å². The molecule has 0 aliphatic carbocycles. The van der Waals surface area contributed by atoms with Crippen LogP contribution in [0.3, 0.4) is 0 Å². The lowest BCUT2D eigenvalue weighted by Crippen LogP contribution is -2.57. The summed E-state index contributed by atoms with van der Waals surface area (Å²) in [5.74, 6) is -1.01. The number of carbonyl (C=O) groups is 3. The summed E-state index contributed by atoms with van der Waals surface area (Å²) in [5, 5.41) is 3.01. The van der Waals surface area contributed by atoms with Gasteiger partial charge >= 0.3 is 11.7 Å². The van der Waals surface area contributed by atoms with Gasteiger partial charge in [0, 0.05) is 46.2 Å². The van der Waals surface area contributed by atoms with Crippen molar-refractivity contribution in [3.8, 4) is 0 Å². The van der Waals surface area contributed by atoms with E-state index < -0.39 is 17.2 Å². The predicted molar refractivity (Wildman–Crippen MR) is 195 cm³/mol. The van der Waals surface area contributed by atoms with Crippen LogP contribution in [0, 0.1) is 0 Å². The average Bonchev–Trinajstić information content (AvgIpc) is 3.27. The van der Waals surface area contributed by atoms with Gasteiger partial charge in [-0.3, -0.25) is 24.2 Å². The van der Waals surface area contributed by atoms with E-state index in [-0.39, 0.29) is 16.6 Å². The van der Waals surface area contributed by atoms with Gasteiger partial charge in [-0.15, -0.1) is 0 Å². The van der Waals surface area contributed by atoms with Crippen LogP contribution in [0.4, 0.5) is 17.1 Å². The van der Waals surface area contributed by atoms with Gasteiger partial charge in [-0.1, -0.05) is 85.0 Å². The van der Waals surface area contributed by atoms with E-state index in [0.29, 0.717) is 51.9 Å². The summed E-state index contributed by atoms with van der Waals surface area (Å²) in [6, 6.07) is 23.8. The highest BCUT2D eigenvalue weighted by Gasteiger charge is 2.42. The Labute approximate surface area is 291 Å². The van der Waals surface area contributed by atoms with E-state index in [9.17, 15) is 18.6 Å². The molecule has 1 N–H and O–H groups in total. The molecule has 8 nitrogen and oxygen atoms in total. The lowest BCUT2D eigenvalue weighted by atomic mass is 9.83. The third-order valence-corrected chi connectivity index (χ3v) is 9.37. The van der Waals surface area contributed by atoms with Gasteiger partial charge in [0.2, 0.25) is 5.91 Å². The van der Waals surface area contributed by atoms with E-state index in [1.54, 1.807) is 30.3 Å². The molecule has 1 saturated heterocycles. The molecule has 0 spiro atoms. The second-order valence-electron chi connectivity index (χ2n) is 11.1. The number of fused-ring (bicyclic) bond motifs is 1. The molecule has 0 radical (unpaired) electrons. The number of halogens is 1. The maximum absolute atomic E-state index is 13.8. The summed E-state index contributed by atoms with van der Waals surface area (Å²) in [5.41, 5.74) is 3.70. The van der Waals surface area contributed by atoms with Crippen molar-refractivity contribution < 1.29 is 18.6 Å². The summed E-state index contributed by atoms with van der Waals surface area (Å²) in [6.07, 6.45) is 7.72. The summed E-state index contributed by atoms with van der Waals surface area (Å²) < 4.78 is 12.0. The number of para-hydroxylation sites is 2. The van der Waals surface area contributed by atoms with E-state index in [2.05, 4.69) is 24.1 Å². The molecule has 46 heavy (non-hydrogen) atoms. The second kappa shape index (κ2) is 14.6. The van der Waals surface area contributed by atoms with Crippen molar-refractivity contribution in [2.24, 2.45) is 0 Å². The molecular formula is C35H32IN4O4S2+. The van der Waals surface area contributed by atoms with Crippen molar-refractivity contribution in [2.75, 3.05) is 32.2 Å². The molecule has 3 aromatic carbocycles. The van der Waals surface area contributed by atoms with Crippen molar-refractivity contribution in [1.29, 1.82) is 0 Å². The fraction of sp³-hybridized carbons (Fsp3) is 0.200. The van der Waals surface area contributed by atoms with Crippen LogP contribution in [-0.4, -0.2) is 40.4 Å². The van der Waals surface area contributed by atoms with E-state index >= 15 is 0 Å². The van der Waals surface area contributed by atoms with Crippen molar-refractivity contribution in [1.82, 2.24) is 5.32 Å². The summed E-state index contributed by atoms with van der Waals surface area (Å²) in [4.78, 5) is 44.9. The quantitative estimate of drug-likeness (QED) is 0.0501. The fourth-order valence-electron chi connectivity index (χ4n) is 5.62. The first-order chi connectivity index (χ1) is 22.2. The van der Waals surface area contributed by atoms with Gasteiger partial charge in [0.05, 0.1) is 15.8 Å². The third-order valence-electron chi connectivity index (χ3n) is 7.87. The Hall–Kier alpha value is -4.07. The maximum atomic E-state index is 13.8. The highest BCUT2D eigenvalue weighted by Crippen LogP contribution is 2.48. The van der Waals surface area contributed by atoms with Crippen LogP contribution >= 0.6 is 34.8 Å². The van der Waals surface area contributed by atoms with Gasteiger partial charge in [-0.25, -0.2) is 0 Å². The lowest BCUT2D eigenvalue weighted by molar-refractivity contribution is -0.121. The molecule has 0 bridgehead atoms. The number of carbonyl (C=O) groups excluding carboxylic acids is 3. The van der Waals surface area contributed by atoms with Crippen LogP contribution in [0.2, 0.25) is 0 Å². The largest absolute Gasteiger partial charge is 0.505 e. The first-order valence-electron chi connectivity index (χ1n) is 14.7. The van der Waals surface area contributed by atoms with Crippen LogP contribution in [0.15, 0.2) is 119 Å². The molecule has 0 aromatic heterocycles. The van der Waals surface area contributed by atoms with Crippen molar-refractivity contribution in [3.05, 3.63) is 120 Å². The molecular weight excluding hydrogens is 731 g/mol. The summed E-state index contributed by atoms with van der Waals surface area (Å²) >= 11 is 8.19. The number of hydrogen-bond acceptors (Lipinski definition) is 6. The number of anilines is 3.